The number of fused-ring (bicyclic) bond motifs is 4. The number of benzene rings is 3. The lowest BCUT2D eigenvalue weighted by atomic mass is 9.75. The number of nitrogens with zero attached hydrogens (tertiary/aromatic N) is 2. The Bertz CT molecular complexity index is 1660. The van der Waals surface area contributed by atoms with Crippen molar-refractivity contribution < 1.29 is 28.5 Å². The molecule has 0 N–H and O–H groups in total. The highest BCUT2D eigenvalue weighted by Crippen LogP contribution is 2.50. The van der Waals surface area contributed by atoms with Crippen LogP contribution in [0.2, 0.25) is 0 Å². The van der Waals surface area contributed by atoms with Crippen LogP contribution in [-0.2, 0) is 6.54 Å². The standard InChI is InChI=1S/C35H37N2S.HI/c1-6-36-29(15-13-28-18-24(3)12-16-31(28)36)20-25-19-26(23-35(4,5)22-25)21-33-37(7-2)34-30-11-9-8-10-27(30)14-17-32(34)38-33;/h8-21H,6-7,22-23H2,1-5H3;1H/q+1;/p-1. The van der Waals surface area contributed by atoms with Crippen LogP contribution in [0.5, 0.6) is 0 Å². The van der Waals surface area contributed by atoms with E-state index in [1.165, 1.54) is 59.7 Å². The zero-order valence-electron chi connectivity index (χ0n) is 23.6. The first-order chi connectivity index (χ1) is 18.3. The summed E-state index contributed by atoms with van der Waals surface area (Å²) in [5.74, 6) is 0. The van der Waals surface area contributed by atoms with Gasteiger partial charge in [-0.2, -0.15) is 4.57 Å². The van der Waals surface area contributed by atoms with E-state index in [-0.39, 0.29) is 29.4 Å². The Morgan fingerprint density at radius 2 is 1.72 bits per heavy atom. The Balaban J connectivity index is 0.00000308. The van der Waals surface area contributed by atoms with Crippen LogP contribution in [0.25, 0.3) is 27.8 Å². The molecule has 0 fully saturated rings. The molecule has 200 valence electrons. The fourth-order valence-electron chi connectivity index (χ4n) is 6.27. The van der Waals surface area contributed by atoms with E-state index in [0.29, 0.717) is 0 Å². The SMILES string of the molecule is CCN1/C(=C/C2=CC(=C/c3ccc4cc(C)ccc4[n+]3CC)/CC(C)(C)C2)Sc2ccc3ccccc3c21.[I-]. The number of anilines is 1. The second-order valence-corrected chi connectivity index (χ2v) is 12.5. The lowest BCUT2D eigenvalue weighted by molar-refractivity contribution is -0.669. The van der Waals surface area contributed by atoms with Gasteiger partial charge in [0, 0.05) is 40.4 Å². The van der Waals surface area contributed by atoms with Crippen molar-refractivity contribution in [2.75, 3.05) is 11.4 Å². The van der Waals surface area contributed by atoms with Crippen molar-refractivity contribution in [3.8, 4) is 0 Å². The minimum Gasteiger partial charge on any atom is -1.00 e. The monoisotopic (exact) mass is 644 g/mol. The Kier molecular flexibility index (Phi) is 7.98. The van der Waals surface area contributed by atoms with E-state index in [2.05, 4.69) is 129 Å². The van der Waals surface area contributed by atoms with Gasteiger partial charge in [0.1, 0.15) is 6.54 Å². The average molecular weight is 645 g/mol. The van der Waals surface area contributed by atoms with Crippen LogP contribution in [0.3, 0.4) is 0 Å². The smallest absolute Gasteiger partial charge is 0.212 e. The van der Waals surface area contributed by atoms with Crippen molar-refractivity contribution in [2.24, 2.45) is 5.41 Å². The molecule has 39 heavy (non-hydrogen) atoms. The van der Waals surface area contributed by atoms with Crippen LogP contribution in [-0.4, -0.2) is 6.54 Å². The molecule has 0 spiro atoms. The van der Waals surface area contributed by atoms with Crippen molar-refractivity contribution in [1.82, 2.24) is 0 Å². The van der Waals surface area contributed by atoms with Gasteiger partial charge >= 0.3 is 0 Å². The minimum atomic E-state index is 0. The maximum Gasteiger partial charge on any atom is 0.212 e. The Morgan fingerprint density at radius 3 is 2.51 bits per heavy atom. The number of aryl methyl sites for hydroxylation is 2. The lowest BCUT2D eigenvalue weighted by Gasteiger charge is -2.31. The molecule has 2 nitrogen and oxygen atoms in total. The highest BCUT2D eigenvalue weighted by molar-refractivity contribution is 8.03. The summed E-state index contributed by atoms with van der Waals surface area (Å²) in [5.41, 5.74) is 8.31. The van der Waals surface area contributed by atoms with Crippen LogP contribution < -0.4 is 33.4 Å². The van der Waals surface area contributed by atoms with Crippen molar-refractivity contribution >= 4 is 45.2 Å². The van der Waals surface area contributed by atoms with E-state index in [1.54, 1.807) is 0 Å². The van der Waals surface area contributed by atoms with Gasteiger partial charge in [-0.1, -0.05) is 73.6 Å². The first-order valence-electron chi connectivity index (χ1n) is 13.9. The molecule has 6 rings (SSSR count). The number of allylic oxidation sites excluding steroid dienone is 4. The summed E-state index contributed by atoms with van der Waals surface area (Å²) in [4.78, 5) is 3.86. The van der Waals surface area contributed by atoms with Crippen molar-refractivity contribution in [3.05, 3.63) is 106 Å². The second kappa shape index (κ2) is 11.1. The molecule has 0 radical (unpaired) electrons. The van der Waals surface area contributed by atoms with Gasteiger partial charge in [0.25, 0.3) is 0 Å². The van der Waals surface area contributed by atoms with E-state index < -0.39 is 0 Å². The maximum atomic E-state index is 2.50. The van der Waals surface area contributed by atoms with Gasteiger partial charge in [-0.3, -0.25) is 0 Å². The number of pyridine rings is 1. The molecule has 4 heteroatoms. The fraction of sp³-hybridized carbons (Fsp3) is 0.286. The molecule has 2 aliphatic rings. The molecule has 2 heterocycles. The normalized spacial score (nSPS) is 18.5. The van der Waals surface area contributed by atoms with Crippen LogP contribution in [0.4, 0.5) is 5.69 Å². The Hall–Kier alpha value is -2.57. The highest BCUT2D eigenvalue weighted by Gasteiger charge is 2.29. The number of rotatable bonds is 4. The predicted octanol–water partition coefficient (Wildman–Crippen LogP) is 6.22. The molecule has 0 amide bonds. The molecule has 1 aliphatic carbocycles. The maximum absolute atomic E-state index is 2.50. The summed E-state index contributed by atoms with van der Waals surface area (Å²) < 4.78 is 2.45. The molecule has 0 saturated heterocycles. The van der Waals surface area contributed by atoms with Crippen LogP contribution >= 0.6 is 11.8 Å². The van der Waals surface area contributed by atoms with Gasteiger partial charge in [-0.15, -0.1) is 0 Å². The molecule has 0 bridgehead atoms. The van der Waals surface area contributed by atoms with E-state index >= 15 is 0 Å². The molecule has 0 atom stereocenters. The zero-order valence-corrected chi connectivity index (χ0v) is 26.6. The van der Waals surface area contributed by atoms with Crippen molar-refractivity contribution in [1.29, 1.82) is 0 Å². The number of hydrogen-bond donors (Lipinski definition) is 0. The fourth-order valence-corrected chi connectivity index (χ4v) is 7.49. The first kappa shape index (κ1) is 28.0. The van der Waals surface area contributed by atoms with Gasteiger partial charge < -0.3 is 28.9 Å². The third-order valence-corrected chi connectivity index (χ3v) is 8.94. The van der Waals surface area contributed by atoms with Gasteiger partial charge in [0.2, 0.25) is 11.2 Å². The van der Waals surface area contributed by atoms with E-state index in [0.717, 1.165) is 25.9 Å². The Labute approximate surface area is 254 Å². The van der Waals surface area contributed by atoms with Crippen molar-refractivity contribution in [2.45, 2.75) is 58.9 Å². The topological polar surface area (TPSA) is 7.12 Å². The highest BCUT2D eigenvalue weighted by atomic mass is 127. The summed E-state index contributed by atoms with van der Waals surface area (Å²) in [6, 6.07) is 24.7. The first-order valence-corrected chi connectivity index (χ1v) is 14.7. The van der Waals surface area contributed by atoms with Crippen molar-refractivity contribution in [3.63, 3.8) is 0 Å². The molecular weight excluding hydrogens is 607 g/mol. The largest absolute Gasteiger partial charge is 1.00 e. The minimum absolute atomic E-state index is 0. The Morgan fingerprint density at radius 1 is 0.923 bits per heavy atom. The summed E-state index contributed by atoms with van der Waals surface area (Å²) in [6.07, 6.45) is 9.50. The summed E-state index contributed by atoms with van der Waals surface area (Å²) in [5, 5.41) is 5.30. The number of hydrogen-bond acceptors (Lipinski definition) is 2. The molecule has 1 aromatic heterocycles. The average Bonchev–Trinajstić information content (AvgIpc) is 3.25. The number of halogens is 1. The third kappa shape index (κ3) is 5.43. The number of thioether (sulfide) groups is 1. The molecule has 0 unspecified atom stereocenters. The third-order valence-electron chi connectivity index (χ3n) is 7.84. The molecular formula is C35H37IN2S. The summed E-state index contributed by atoms with van der Waals surface area (Å²) in [6.45, 7) is 13.4. The van der Waals surface area contributed by atoms with Crippen LogP contribution in [0, 0.1) is 12.3 Å². The molecule has 3 aromatic carbocycles. The molecule has 0 saturated carbocycles. The second-order valence-electron chi connectivity index (χ2n) is 11.5. The molecule has 1 aliphatic heterocycles. The van der Waals surface area contributed by atoms with E-state index in [1.807, 2.05) is 11.8 Å². The number of aromatic nitrogens is 1. The van der Waals surface area contributed by atoms with Gasteiger partial charge in [-0.05, 0) is 79.8 Å². The van der Waals surface area contributed by atoms with Gasteiger partial charge in [-0.25, -0.2) is 0 Å². The lowest BCUT2D eigenvalue weighted by Crippen LogP contribution is -3.00. The van der Waals surface area contributed by atoms with E-state index in [4.69, 9.17) is 0 Å². The summed E-state index contributed by atoms with van der Waals surface area (Å²) >= 11 is 1.91. The quantitative estimate of drug-likeness (QED) is 0.193. The van der Waals surface area contributed by atoms with Gasteiger partial charge in [0.15, 0.2) is 0 Å². The predicted molar refractivity (Wildman–Crippen MR) is 165 cm³/mol. The summed E-state index contributed by atoms with van der Waals surface area (Å²) in [7, 11) is 0. The van der Waals surface area contributed by atoms with Crippen LogP contribution in [0.15, 0.2) is 100.0 Å². The zero-order chi connectivity index (χ0) is 26.4. The van der Waals surface area contributed by atoms with Crippen LogP contribution in [0.1, 0.15) is 51.8 Å². The van der Waals surface area contributed by atoms with E-state index in [9.17, 15) is 0 Å². The molecule has 4 aromatic rings. The van der Waals surface area contributed by atoms with Gasteiger partial charge in [0.05, 0.1) is 10.7 Å².